The summed E-state index contributed by atoms with van der Waals surface area (Å²) in [5, 5.41) is 9.35. The molecule has 0 aliphatic rings. The number of carbonyl (C=O) groups excluding carboxylic acids is 1. The fraction of sp³-hybridized carbons (Fsp3) is 0.0909. The second-order valence-corrected chi connectivity index (χ2v) is 5.78. The molecule has 3 aromatic rings. The van der Waals surface area contributed by atoms with Crippen molar-refractivity contribution >= 4 is 11.8 Å². The first-order valence-corrected chi connectivity index (χ1v) is 8.17. The van der Waals surface area contributed by atoms with Gasteiger partial charge in [-0.1, -0.05) is 73.7 Å². The maximum absolute atomic E-state index is 13.0. The maximum Gasteiger partial charge on any atom is 0.336 e. The minimum Gasteiger partial charge on any atom is -0.478 e. The molecule has 0 heterocycles. The molecule has 0 spiro atoms. The first-order valence-electron chi connectivity index (χ1n) is 8.17. The standard InChI is InChI=1S/C22H18O3/c1-2-15-11-13-16(14-12-15)17-7-3-4-8-18(17)21(23)19-9-5-6-10-20(19)22(24)25/h3-14H,2H2,1H3,(H,24,25). The third kappa shape index (κ3) is 3.36. The quantitative estimate of drug-likeness (QED) is 0.681. The van der Waals surface area contributed by atoms with Gasteiger partial charge in [-0.25, -0.2) is 4.79 Å². The third-order valence-corrected chi connectivity index (χ3v) is 4.25. The molecule has 0 atom stereocenters. The Morgan fingerprint density at radius 3 is 1.92 bits per heavy atom. The molecule has 3 heteroatoms. The number of hydrogen-bond donors (Lipinski definition) is 1. The van der Waals surface area contributed by atoms with Crippen LogP contribution in [0.4, 0.5) is 0 Å². The molecule has 1 N–H and O–H groups in total. The number of rotatable bonds is 5. The summed E-state index contributed by atoms with van der Waals surface area (Å²) >= 11 is 0. The molecule has 0 aliphatic carbocycles. The zero-order chi connectivity index (χ0) is 17.8. The molecule has 0 bridgehead atoms. The number of ketones is 1. The van der Waals surface area contributed by atoms with Gasteiger partial charge in [-0.15, -0.1) is 0 Å². The highest BCUT2D eigenvalue weighted by Gasteiger charge is 2.20. The normalized spacial score (nSPS) is 10.4. The summed E-state index contributed by atoms with van der Waals surface area (Å²) < 4.78 is 0. The first kappa shape index (κ1) is 16.7. The second-order valence-electron chi connectivity index (χ2n) is 5.78. The summed E-state index contributed by atoms with van der Waals surface area (Å²) in [6.45, 7) is 2.09. The van der Waals surface area contributed by atoms with Crippen LogP contribution in [-0.4, -0.2) is 16.9 Å². The van der Waals surface area contributed by atoms with E-state index in [0.29, 0.717) is 5.56 Å². The van der Waals surface area contributed by atoms with Gasteiger partial charge in [-0.05, 0) is 29.2 Å². The average molecular weight is 330 g/mol. The van der Waals surface area contributed by atoms with E-state index in [1.165, 1.54) is 11.6 Å². The van der Waals surface area contributed by atoms with Gasteiger partial charge in [0.25, 0.3) is 0 Å². The average Bonchev–Trinajstić information content (AvgIpc) is 2.67. The maximum atomic E-state index is 13.0. The molecule has 0 radical (unpaired) electrons. The lowest BCUT2D eigenvalue weighted by atomic mass is 9.91. The van der Waals surface area contributed by atoms with Crippen molar-refractivity contribution in [2.75, 3.05) is 0 Å². The number of hydrogen-bond acceptors (Lipinski definition) is 2. The first-order chi connectivity index (χ1) is 12.1. The molecular formula is C22H18O3. The zero-order valence-corrected chi connectivity index (χ0v) is 13.9. The Labute approximate surface area is 146 Å². The monoisotopic (exact) mass is 330 g/mol. The van der Waals surface area contributed by atoms with Crippen LogP contribution in [0.1, 0.15) is 38.8 Å². The lowest BCUT2D eigenvalue weighted by Gasteiger charge is -2.11. The van der Waals surface area contributed by atoms with E-state index in [1.807, 2.05) is 36.4 Å². The third-order valence-electron chi connectivity index (χ3n) is 4.25. The minimum atomic E-state index is -1.10. The van der Waals surface area contributed by atoms with Gasteiger partial charge in [0.2, 0.25) is 0 Å². The number of aromatic carboxylic acids is 1. The van der Waals surface area contributed by atoms with Crippen LogP contribution in [0.25, 0.3) is 11.1 Å². The number of carbonyl (C=O) groups is 2. The summed E-state index contributed by atoms with van der Waals surface area (Å²) in [5.41, 5.74) is 3.68. The lowest BCUT2D eigenvalue weighted by Crippen LogP contribution is -2.10. The van der Waals surface area contributed by atoms with Crippen molar-refractivity contribution in [1.29, 1.82) is 0 Å². The van der Waals surface area contributed by atoms with E-state index in [2.05, 4.69) is 6.92 Å². The van der Waals surface area contributed by atoms with Crippen LogP contribution in [0.2, 0.25) is 0 Å². The van der Waals surface area contributed by atoms with Crippen LogP contribution in [0.3, 0.4) is 0 Å². The van der Waals surface area contributed by atoms with Crippen LogP contribution in [0.5, 0.6) is 0 Å². The lowest BCUT2D eigenvalue weighted by molar-refractivity contribution is 0.0693. The largest absolute Gasteiger partial charge is 0.478 e. The fourth-order valence-corrected chi connectivity index (χ4v) is 2.87. The van der Waals surface area contributed by atoms with Crippen molar-refractivity contribution in [3.8, 4) is 11.1 Å². The van der Waals surface area contributed by atoms with E-state index in [1.54, 1.807) is 30.3 Å². The Kier molecular flexibility index (Phi) is 4.75. The molecule has 3 nitrogen and oxygen atoms in total. The van der Waals surface area contributed by atoms with Crippen molar-refractivity contribution in [3.05, 3.63) is 95.1 Å². The zero-order valence-electron chi connectivity index (χ0n) is 13.9. The molecule has 0 aromatic heterocycles. The molecule has 0 saturated heterocycles. The van der Waals surface area contributed by atoms with E-state index in [9.17, 15) is 14.7 Å². The molecule has 25 heavy (non-hydrogen) atoms. The predicted octanol–water partition coefficient (Wildman–Crippen LogP) is 4.85. The van der Waals surface area contributed by atoms with Gasteiger partial charge in [-0.2, -0.15) is 0 Å². The Morgan fingerprint density at radius 1 is 0.760 bits per heavy atom. The van der Waals surface area contributed by atoms with E-state index in [4.69, 9.17) is 0 Å². The van der Waals surface area contributed by atoms with Gasteiger partial charge < -0.3 is 5.11 Å². The van der Waals surface area contributed by atoms with Crippen LogP contribution in [0, 0.1) is 0 Å². The van der Waals surface area contributed by atoms with Crippen LogP contribution in [0.15, 0.2) is 72.8 Å². The molecule has 3 rings (SSSR count). The Bertz CT molecular complexity index is 924. The second kappa shape index (κ2) is 7.14. The summed E-state index contributed by atoms with van der Waals surface area (Å²) in [5.74, 6) is -1.39. The van der Waals surface area contributed by atoms with E-state index in [0.717, 1.165) is 17.5 Å². The summed E-state index contributed by atoms with van der Waals surface area (Å²) in [4.78, 5) is 24.5. The number of carboxylic acid groups (broad SMARTS) is 1. The Hall–Kier alpha value is -3.20. The topological polar surface area (TPSA) is 54.4 Å². The highest BCUT2D eigenvalue weighted by Crippen LogP contribution is 2.27. The smallest absolute Gasteiger partial charge is 0.336 e. The molecular weight excluding hydrogens is 312 g/mol. The van der Waals surface area contributed by atoms with Crippen molar-refractivity contribution < 1.29 is 14.7 Å². The number of benzene rings is 3. The Balaban J connectivity index is 2.09. The SMILES string of the molecule is CCc1ccc(-c2ccccc2C(=O)c2ccccc2C(=O)O)cc1. The van der Waals surface area contributed by atoms with Crippen molar-refractivity contribution in [1.82, 2.24) is 0 Å². The van der Waals surface area contributed by atoms with Crippen molar-refractivity contribution in [3.63, 3.8) is 0 Å². The van der Waals surface area contributed by atoms with Gasteiger partial charge >= 0.3 is 5.97 Å². The van der Waals surface area contributed by atoms with E-state index >= 15 is 0 Å². The molecule has 0 unspecified atom stereocenters. The number of carboxylic acids is 1. The molecule has 0 fully saturated rings. The van der Waals surface area contributed by atoms with Gasteiger partial charge in [0.15, 0.2) is 5.78 Å². The molecule has 0 aliphatic heterocycles. The van der Waals surface area contributed by atoms with Crippen molar-refractivity contribution in [2.45, 2.75) is 13.3 Å². The molecule has 3 aromatic carbocycles. The molecule has 124 valence electrons. The fourth-order valence-electron chi connectivity index (χ4n) is 2.87. The Morgan fingerprint density at radius 2 is 1.32 bits per heavy atom. The van der Waals surface area contributed by atoms with Crippen LogP contribution < -0.4 is 0 Å². The van der Waals surface area contributed by atoms with Crippen LogP contribution >= 0.6 is 0 Å². The highest BCUT2D eigenvalue weighted by atomic mass is 16.4. The predicted molar refractivity (Wildman–Crippen MR) is 98.1 cm³/mol. The molecule has 0 amide bonds. The van der Waals surface area contributed by atoms with Gasteiger partial charge in [0.1, 0.15) is 0 Å². The summed E-state index contributed by atoms with van der Waals surface area (Å²) in [6, 6.07) is 21.7. The highest BCUT2D eigenvalue weighted by molar-refractivity contribution is 6.17. The van der Waals surface area contributed by atoms with Crippen LogP contribution in [-0.2, 0) is 6.42 Å². The number of aryl methyl sites for hydroxylation is 1. The summed E-state index contributed by atoms with van der Waals surface area (Å²) in [7, 11) is 0. The van der Waals surface area contributed by atoms with E-state index in [-0.39, 0.29) is 16.9 Å². The van der Waals surface area contributed by atoms with E-state index < -0.39 is 5.97 Å². The van der Waals surface area contributed by atoms with Gasteiger partial charge in [0.05, 0.1) is 5.56 Å². The molecule has 0 saturated carbocycles. The van der Waals surface area contributed by atoms with Crippen molar-refractivity contribution in [2.24, 2.45) is 0 Å². The summed E-state index contributed by atoms with van der Waals surface area (Å²) in [6.07, 6.45) is 0.951. The van der Waals surface area contributed by atoms with Gasteiger partial charge in [0, 0.05) is 11.1 Å². The minimum absolute atomic E-state index is 0.0173. The van der Waals surface area contributed by atoms with Gasteiger partial charge in [-0.3, -0.25) is 4.79 Å².